The molecule has 4 nitrogen and oxygen atoms in total. The highest BCUT2D eigenvalue weighted by Gasteiger charge is 2.06. The zero-order valence-electron chi connectivity index (χ0n) is 9.82. The summed E-state index contributed by atoms with van der Waals surface area (Å²) < 4.78 is 0. The van der Waals surface area contributed by atoms with Gasteiger partial charge < -0.3 is 4.98 Å². The number of H-pyrrole nitrogens is 1. The number of nitrogens with zero attached hydrogens (tertiary/aromatic N) is 2. The van der Waals surface area contributed by atoms with E-state index in [-0.39, 0.29) is 5.56 Å². The molecule has 86 valence electrons. The minimum Gasteiger partial charge on any atom is -0.310 e. The fraction of sp³-hybridized carbons (Fsp3) is 0.308. The highest BCUT2D eigenvalue weighted by atomic mass is 16.1. The second kappa shape index (κ2) is 4.38. The summed E-state index contributed by atoms with van der Waals surface area (Å²) in [6.07, 6.45) is 0.741. The smallest absolute Gasteiger partial charge is 0.258 e. The normalized spacial score (nSPS) is 10.7. The molecule has 0 radical (unpaired) electrons. The van der Waals surface area contributed by atoms with E-state index in [4.69, 9.17) is 5.26 Å². The lowest BCUT2D eigenvalue weighted by Crippen LogP contribution is -2.13. The summed E-state index contributed by atoms with van der Waals surface area (Å²) in [5.41, 5.74) is 0.938. The second-order valence-corrected chi connectivity index (χ2v) is 4.45. The number of hydrogen-bond donors (Lipinski definition) is 1. The molecule has 4 heteroatoms. The molecule has 0 bridgehead atoms. The van der Waals surface area contributed by atoms with Crippen LogP contribution >= 0.6 is 0 Å². The first kappa shape index (κ1) is 11.3. The maximum atomic E-state index is 11.8. The van der Waals surface area contributed by atoms with Crippen LogP contribution in [0.1, 0.15) is 25.2 Å². The predicted molar refractivity (Wildman–Crippen MR) is 65.6 cm³/mol. The van der Waals surface area contributed by atoms with Gasteiger partial charge in [-0.2, -0.15) is 5.26 Å². The SMILES string of the molecule is CC(C)Cc1nc2ccc(C#N)cc2c(=O)[nH]1. The van der Waals surface area contributed by atoms with E-state index in [2.05, 4.69) is 23.8 Å². The van der Waals surface area contributed by atoms with Gasteiger partial charge in [0.2, 0.25) is 0 Å². The third-order valence-electron chi connectivity index (χ3n) is 2.49. The molecule has 0 aliphatic heterocycles. The van der Waals surface area contributed by atoms with Crippen molar-refractivity contribution in [3.8, 4) is 6.07 Å². The number of nitrogens with one attached hydrogen (secondary N) is 1. The fourth-order valence-corrected chi connectivity index (χ4v) is 1.74. The van der Waals surface area contributed by atoms with Gasteiger partial charge in [-0.15, -0.1) is 0 Å². The van der Waals surface area contributed by atoms with Crippen LogP contribution in [-0.4, -0.2) is 9.97 Å². The Kier molecular flexibility index (Phi) is 2.92. The third-order valence-corrected chi connectivity index (χ3v) is 2.49. The van der Waals surface area contributed by atoms with E-state index in [1.807, 2.05) is 6.07 Å². The molecule has 0 atom stereocenters. The van der Waals surface area contributed by atoms with Crippen LogP contribution in [0.3, 0.4) is 0 Å². The van der Waals surface area contributed by atoms with Crippen molar-refractivity contribution in [3.63, 3.8) is 0 Å². The van der Waals surface area contributed by atoms with E-state index in [1.165, 1.54) is 0 Å². The summed E-state index contributed by atoms with van der Waals surface area (Å²) in [6, 6.07) is 6.97. The van der Waals surface area contributed by atoms with E-state index < -0.39 is 0 Å². The van der Waals surface area contributed by atoms with E-state index in [9.17, 15) is 4.79 Å². The Morgan fingerprint density at radius 2 is 2.24 bits per heavy atom. The van der Waals surface area contributed by atoms with Crippen molar-refractivity contribution in [2.24, 2.45) is 5.92 Å². The van der Waals surface area contributed by atoms with Crippen LogP contribution in [-0.2, 0) is 6.42 Å². The van der Waals surface area contributed by atoms with Crippen LogP contribution in [0.15, 0.2) is 23.0 Å². The molecule has 1 aromatic carbocycles. The summed E-state index contributed by atoms with van der Waals surface area (Å²) >= 11 is 0. The maximum absolute atomic E-state index is 11.8. The summed E-state index contributed by atoms with van der Waals surface area (Å²) in [6.45, 7) is 4.14. The van der Waals surface area contributed by atoms with Gasteiger partial charge in [-0.3, -0.25) is 4.79 Å². The Bertz CT molecular complexity index is 650. The molecule has 1 heterocycles. The first-order valence-corrected chi connectivity index (χ1v) is 5.53. The summed E-state index contributed by atoms with van der Waals surface area (Å²) in [4.78, 5) is 19.0. The molecule has 0 aliphatic carbocycles. The number of aromatic amines is 1. The Morgan fingerprint density at radius 1 is 1.47 bits per heavy atom. The van der Waals surface area contributed by atoms with Gasteiger partial charge >= 0.3 is 0 Å². The minimum atomic E-state index is -0.178. The Hall–Kier alpha value is -2.15. The molecule has 0 fully saturated rings. The van der Waals surface area contributed by atoms with Gasteiger partial charge in [0.1, 0.15) is 5.82 Å². The maximum Gasteiger partial charge on any atom is 0.258 e. The van der Waals surface area contributed by atoms with Crippen molar-refractivity contribution < 1.29 is 0 Å². The number of aromatic nitrogens is 2. The molecule has 0 aliphatic rings. The van der Waals surface area contributed by atoms with E-state index in [0.717, 1.165) is 6.42 Å². The highest BCUT2D eigenvalue weighted by molar-refractivity contribution is 5.78. The Labute approximate surface area is 98.9 Å². The van der Waals surface area contributed by atoms with Gasteiger partial charge in [0.15, 0.2) is 0 Å². The van der Waals surface area contributed by atoms with Crippen molar-refractivity contribution >= 4 is 10.9 Å². The summed E-state index contributed by atoms with van der Waals surface area (Å²) in [5, 5.41) is 9.25. The average molecular weight is 227 g/mol. The molecule has 1 aromatic heterocycles. The molecule has 0 saturated heterocycles. The molecule has 1 N–H and O–H groups in total. The molecule has 2 aromatic rings. The topological polar surface area (TPSA) is 69.5 Å². The number of fused-ring (bicyclic) bond motifs is 1. The van der Waals surface area contributed by atoms with Gasteiger partial charge in [0, 0.05) is 6.42 Å². The first-order chi connectivity index (χ1) is 8.10. The van der Waals surface area contributed by atoms with Crippen LogP contribution in [0.2, 0.25) is 0 Å². The molecule has 0 unspecified atom stereocenters. The fourth-order valence-electron chi connectivity index (χ4n) is 1.74. The summed E-state index contributed by atoms with van der Waals surface area (Å²) in [7, 11) is 0. The van der Waals surface area contributed by atoms with Crippen molar-refractivity contribution in [1.82, 2.24) is 9.97 Å². The molecule has 0 spiro atoms. The lowest BCUT2D eigenvalue weighted by atomic mass is 10.1. The minimum absolute atomic E-state index is 0.178. The van der Waals surface area contributed by atoms with Crippen LogP contribution in [0, 0.1) is 17.2 Å². The van der Waals surface area contributed by atoms with Gasteiger partial charge in [-0.1, -0.05) is 13.8 Å². The van der Waals surface area contributed by atoms with Crippen molar-refractivity contribution in [2.75, 3.05) is 0 Å². The standard InChI is InChI=1S/C13H13N3O/c1-8(2)5-12-15-11-4-3-9(7-14)6-10(11)13(17)16-12/h3-4,6,8H,5H2,1-2H3,(H,15,16,17). The molecule has 2 rings (SSSR count). The van der Waals surface area contributed by atoms with E-state index in [1.54, 1.807) is 18.2 Å². The van der Waals surface area contributed by atoms with Crippen LogP contribution in [0.25, 0.3) is 10.9 Å². The largest absolute Gasteiger partial charge is 0.310 e. The van der Waals surface area contributed by atoms with Gasteiger partial charge in [0.05, 0.1) is 22.5 Å². The van der Waals surface area contributed by atoms with E-state index >= 15 is 0 Å². The van der Waals surface area contributed by atoms with Gasteiger partial charge in [-0.25, -0.2) is 4.98 Å². The van der Waals surface area contributed by atoms with Crippen LogP contribution in [0.5, 0.6) is 0 Å². The molecule has 0 saturated carbocycles. The number of nitriles is 1. The lowest BCUT2D eigenvalue weighted by Gasteiger charge is -2.05. The van der Waals surface area contributed by atoms with Crippen molar-refractivity contribution in [2.45, 2.75) is 20.3 Å². The van der Waals surface area contributed by atoms with Gasteiger partial charge in [-0.05, 0) is 24.1 Å². The van der Waals surface area contributed by atoms with Gasteiger partial charge in [0.25, 0.3) is 5.56 Å². The zero-order valence-corrected chi connectivity index (χ0v) is 9.82. The predicted octanol–water partition coefficient (Wildman–Crippen LogP) is 1.99. The lowest BCUT2D eigenvalue weighted by molar-refractivity contribution is 0.621. The number of benzene rings is 1. The molecule has 17 heavy (non-hydrogen) atoms. The van der Waals surface area contributed by atoms with Crippen molar-refractivity contribution in [3.05, 3.63) is 39.9 Å². The van der Waals surface area contributed by atoms with Crippen LogP contribution < -0.4 is 5.56 Å². The Morgan fingerprint density at radius 3 is 2.88 bits per heavy atom. The molecular formula is C13H13N3O. The molecule has 0 amide bonds. The number of hydrogen-bond acceptors (Lipinski definition) is 3. The zero-order chi connectivity index (χ0) is 12.4. The highest BCUT2D eigenvalue weighted by Crippen LogP contribution is 2.11. The quantitative estimate of drug-likeness (QED) is 0.853. The number of rotatable bonds is 2. The average Bonchev–Trinajstić information content (AvgIpc) is 2.28. The third kappa shape index (κ3) is 2.34. The van der Waals surface area contributed by atoms with E-state index in [0.29, 0.717) is 28.2 Å². The van der Waals surface area contributed by atoms with Crippen molar-refractivity contribution in [1.29, 1.82) is 5.26 Å². The summed E-state index contributed by atoms with van der Waals surface area (Å²) in [5.74, 6) is 1.14. The second-order valence-electron chi connectivity index (χ2n) is 4.45. The first-order valence-electron chi connectivity index (χ1n) is 5.53. The van der Waals surface area contributed by atoms with Crippen LogP contribution in [0.4, 0.5) is 0 Å². The monoisotopic (exact) mass is 227 g/mol. The molecular weight excluding hydrogens is 214 g/mol. The Balaban J connectivity index is 2.61.